The van der Waals surface area contributed by atoms with Crippen molar-refractivity contribution in [3.8, 4) is 0 Å². The van der Waals surface area contributed by atoms with Crippen LogP contribution in [0.2, 0.25) is 0 Å². The summed E-state index contributed by atoms with van der Waals surface area (Å²) in [6, 6.07) is -0.311. The summed E-state index contributed by atoms with van der Waals surface area (Å²) in [7, 11) is 0. The van der Waals surface area contributed by atoms with Gasteiger partial charge in [-0.1, -0.05) is 0 Å². The number of hydrogen-bond donors (Lipinski definition) is 2. The maximum atomic E-state index is 12.1. The third kappa shape index (κ3) is 2.39. The molecule has 74 valence electrons. The molecule has 3 N–H and O–H groups in total. The molecule has 0 aliphatic heterocycles. The summed E-state index contributed by atoms with van der Waals surface area (Å²) in [6.07, 6.45) is -3.19. The lowest BCUT2D eigenvalue weighted by Gasteiger charge is -2.04. The lowest BCUT2D eigenvalue weighted by atomic mass is 10.3. The minimum absolute atomic E-state index is 0.311. The first kappa shape index (κ1) is 10.4. The number of rotatable bonds is 2. The normalized spacial score (nSPS) is 14.5. The molecule has 1 unspecified atom stereocenters. The minimum Gasteiger partial charge on any atom is -0.271 e. The highest BCUT2D eigenvalue weighted by atomic mass is 32.1. The van der Waals surface area contributed by atoms with Crippen molar-refractivity contribution >= 4 is 11.3 Å². The smallest absolute Gasteiger partial charge is 0.271 e. The van der Waals surface area contributed by atoms with E-state index in [0.717, 1.165) is 0 Å². The lowest BCUT2D eigenvalue weighted by molar-refractivity contribution is -0.137. The summed E-state index contributed by atoms with van der Waals surface area (Å²) in [5, 5.41) is -0.843. The quantitative estimate of drug-likeness (QED) is 0.578. The van der Waals surface area contributed by atoms with Gasteiger partial charge in [0.2, 0.25) is 0 Å². The Labute approximate surface area is 76.7 Å². The Bertz CT molecular complexity index is 283. The number of halogens is 3. The standard InChI is InChI=1S/C6H8F3N3S/c1-3(12-10)4-2-11-5(13-4)6(7,8)9/h2-3,12H,10H2,1H3. The Hall–Kier alpha value is -0.660. The number of nitrogens with two attached hydrogens (primary N) is 1. The predicted molar refractivity (Wildman–Crippen MR) is 42.9 cm³/mol. The van der Waals surface area contributed by atoms with Gasteiger partial charge in [0.05, 0.1) is 6.04 Å². The molecule has 0 amide bonds. The van der Waals surface area contributed by atoms with E-state index in [1.807, 2.05) is 0 Å². The first-order valence-corrected chi connectivity index (χ1v) is 4.26. The zero-order valence-corrected chi connectivity index (χ0v) is 7.54. The minimum atomic E-state index is -4.36. The molecule has 0 saturated carbocycles. The molecule has 1 aromatic heterocycles. The van der Waals surface area contributed by atoms with Gasteiger partial charge in [-0.05, 0) is 6.92 Å². The van der Waals surface area contributed by atoms with Crippen LogP contribution in [0.25, 0.3) is 0 Å². The third-order valence-corrected chi connectivity index (χ3v) is 2.67. The molecule has 1 rings (SSSR count). The van der Waals surface area contributed by atoms with Crippen molar-refractivity contribution in [3.63, 3.8) is 0 Å². The van der Waals surface area contributed by atoms with Crippen LogP contribution in [0.5, 0.6) is 0 Å². The molecule has 0 saturated heterocycles. The highest BCUT2D eigenvalue weighted by Crippen LogP contribution is 2.33. The molecule has 1 aromatic rings. The van der Waals surface area contributed by atoms with Crippen LogP contribution in [0, 0.1) is 0 Å². The summed E-state index contributed by atoms with van der Waals surface area (Å²) >= 11 is 0.594. The van der Waals surface area contributed by atoms with E-state index in [9.17, 15) is 13.2 Å². The Kier molecular flexibility index (Phi) is 2.89. The molecule has 0 bridgehead atoms. The van der Waals surface area contributed by atoms with Gasteiger partial charge in [0.15, 0.2) is 5.01 Å². The molecule has 1 heterocycles. The predicted octanol–water partition coefficient (Wildman–Crippen LogP) is 1.69. The Balaban J connectivity index is 2.87. The largest absolute Gasteiger partial charge is 0.443 e. The summed E-state index contributed by atoms with van der Waals surface area (Å²) < 4.78 is 36.2. The second-order valence-corrected chi connectivity index (χ2v) is 3.52. The van der Waals surface area contributed by atoms with E-state index in [4.69, 9.17) is 5.84 Å². The van der Waals surface area contributed by atoms with Crippen molar-refractivity contribution in [2.45, 2.75) is 19.1 Å². The number of alkyl halides is 3. The van der Waals surface area contributed by atoms with Gasteiger partial charge in [0.25, 0.3) is 0 Å². The van der Waals surface area contributed by atoms with Crippen LogP contribution in [-0.4, -0.2) is 4.98 Å². The van der Waals surface area contributed by atoms with E-state index in [1.54, 1.807) is 6.92 Å². The van der Waals surface area contributed by atoms with Gasteiger partial charge in [0, 0.05) is 11.1 Å². The molecule has 0 spiro atoms. The SMILES string of the molecule is CC(NN)c1cnc(C(F)(F)F)s1. The number of hydrogen-bond acceptors (Lipinski definition) is 4. The van der Waals surface area contributed by atoms with Gasteiger partial charge in [-0.3, -0.25) is 11.3 Å². The molecule has 0 fully saturated rings. The van der Waals surface area contributed by atoms with Crippen LogP contribution in [0.1, 0.15) is 22.9 Å². The highest BCUT2D eigenvalue weighted by Gasteiger charge is 2.34. The second-order valence-electron chi connectivity index (χ2n) is 2.45. The Morgan fingerprint density at radius 3 is 2.62 bits per heavy atom. The fraction of sp³-hybridized carbons (Fsp3) is 0.500. The van der Waals surface area contributed by atoms with Crippen LogP contribution in [-0.2, 0) is 6.18 Å². The zero-order valence-electron chi connectivity index (χ0n) is 6.72. The van der Waals surface area contributed by atoms with Gasteiger partial charge in [-0.15, -0.1) is 11.3 Å². The van der Waals surface area contributed by atoms with Crippen LogP contribution in [0.3, 0.4) is 0 Å². The van der Waals surface area contributed by atoms with Gasteiger partial charge in [0.1, 0.15) is 0 Å². The lowest BCUT2D eigenvalue weighted by Crippen LogP contribution is -2.24. The molecular formula is C6H8F3N3S. The average molecular weight is 211 g/mol. The monoisotopic (exact) mass is 211 g/mol. The molecule has 3 nitrogen and oxygen atoms in total. The van der Waals surface area contributed by atoms with E-state index >= 15 is 0 Å². The van der Waals surface area contributed by atoms with Crippen molar-refractivity contribution in [1.82, 2.24) is 10.4 Å². The van der Waals surface area contributed by atoms with E-state index in [1.165, 1.54) is 6.20 Å². The molecule has 0 aliphatic carbocycles. The van der Waals surface area contributed by atoms with E-state index < -0.39 is 11.2 Å². The van der Waals surface area contributed by atoms with Crippen LogP contribution >= 0.6 is 11.3 Å². The Morgan fingerprint density at radius 2 is 2.23 bits per heavy atom. The topological polar surface area (TPSA) is 50.9 Å². The molecule has 0 radical (unpaired) electrons. The van der Waals surface area contributed by atoms with Crippen molar-refractivity contribution in [2.24, 2.45) is 5.84 Å². The van der Waals surface area contributed by atoms with Crippen molar-refractivity contribution in [1.29, 1.82) is 0 Å². The van der Waals surface area contributed by atoms with Gasteiger partial charge >= 0.3 is 6.18 Å². The molecule has 0 aliphatic rings. The van der Waals surface area contributed by atoms with Crippen LogP contribution in [0.4, 0.5) is 13.2 Å². The molecule has 7 heteroatoms. The molecule has 0 aromatic carbocycles. The first-order valence-electron chi connectivity index (χ1n) is 3.44. The number of thiazole rings is 1. The van der Waals surface area contributed by atoms with Crippen molar-refractivity contribution in [2.75, 3.05) is 0 Å². The van der Waals surface area contributed by atoms with Gasteiger partial charge in [-0.2, -0.15) is 13.2 Å². The molecule has 1 atom stereocenters. The first-order chi connectivity index (χ1) is 5.95. The van der Waals surface area contributed by atoms with Crippen LogP contribution in [0.15, 0.2) is 6.20 Å². The highest BCUT2D eigenvalue weighted by molar-refractivity contribution is 7.11. The number of nitrogens with zero attached hydrogens (tertiary/aromatic N) is 1. The number of nitrogens with one attached hydrogen (secondary N) is 1. The van der Waals surface area contributed by atoms with E-state index in [-0.39, 0.29) is 6.04 Å². The van der Waals surface area contributed by atoms with E-state index in [2.05, 4.69) is 10.4 Å². The number of hydrazine groups is 1. The maximum absolute atomic E-state index is 12.1. The summed E-state index contributed by atoms with van der Waals surface area (Å²) in [6.45, 7) is 1.66. The van der Waals surface area contributed by atoms with E-state index in [0.29, 0.717) is 16.2 Å². The second kappa shape index (κ2) is 3.60. The average Bonchev–Trinajstić information content (AvgIpc) is 2.50. The van der Waals surface area contributed by atoms with Crippen LogP contribution < -0.4 is 11.3 Å². The zero-order chi connectivity index (χ0) is 10.1. The molecule has 13 heavy (non-hydrogen) atoms. The number of aromatic nitrogens is 1. The Morgan fingerprint density at radius 1 is 1.62 bits per heavy atom. The fourth-order valence-electron chi connectivity index (χ4n) is 0.700. The fourth-order valence-corrected chi connectivity index (χ4v) is 1.49. The third-order valence-electron chi connectivity index (χ3n) is 1.44. The van der Waals surface area contributed by atoms with Gasteiger partial charge < -0.3 is 0 Å². The summed E-state index contributed by atoms with van der Waals surface area (Å²) in [4.78, 5) is 3.72. The summed E-state index contributed by atoms with van der Waals surface area (Å²) in [5.41, 5.74) is 2.35. The maximum Gasteiger partial charge on any atom is 0.443 e. The van der Waals surface area contributed by atoms with Gasteiger partial charge in [-0.25, -0.2) is 4.98 Å². The van der Waals surface area contributed by atoms with Crippen molar-refractivity contribution < 1.29 is 13.2 Å². The van der Waals surface area contributed by atoms with Crippen molar-refractivity contribution in [3.05, 3.63) is 16.1 Å². The summed E-state index contributed by atoms with van der Waals surface area (Å²) in [5.74, 6) is 5.07. The molecular weight excluding hydrogens is 203 g/mol.